The molecule has 1 aromatic carbocycles. The van der Waals surface area contributed by atoms with Crippen molar-refractivity contribution < 1.29 is 19.1 Å². The fraction of sp³-hybridized carbons (Fsp3) is 0.222. The van der Waals surface area contributed by atoms with Crippen molar-refractivity contribution in [3.63, 3.8) is 0 Å². The number of carbonyl (C=O) groups excluding carboxylic acids is 2. The molecule has 2 amide bonds. The first-order valence-electron chi connectivity index (χ1n) is 7.68. The number of ether oxygens (including phenoxy) is 2. The molecule has 0 saturated carbocycles. The lowest BCUT2D eigenvalue weighted by molar-refractivity contribution is -0.119. The van der Waals surface area contributed by atoms with Crippen LogP contribution < -0.4 is 15.2 Å². The molecule has 0 fully saturated rings. The fourth-order valence-corrected chi connectivity index (χ4v) is 3.35. The van der Waals surface area contributed by atoms with E-state index >= 15 is 0 Å². The van der Waals surface area contributed by atoms with Crippen LogP contribution in [0.5, 0.6) is 11.5 Å². The smallest absolute Gasteiger partial charge is 0.255 e. The van der Waals surface area contributed by atoms with Crippen molar-refractivity contribution in [2.24, 2.45) is 5.73 Å². The van der Waals surface area contributed by atoms with Crippen molar-refractivity contribution in [3.8, 4) is 11.5 Å². The zero-order valence-corrected chi connectivity index (χ0v) is 15.8. The van der Waals surface area contributed by atoms with Crippen molar-refractivity contribution in [1.29, 1.82) is 0 Å². The summed E-state index contributed by atoms with van der Waals surface area (Å²) < 4.78 is 11.2. The number of hydrogen-bond acceptors (Lipinski definition) is 5. The van der Waals surface area contributed by atoms with Crippen LogP contribution in [-0.2, 0) is 11.3 Å². The van der Waals surface area contributed by atoms with Crippen LogP contribution in [0.3, 0.4) is 0 Å². The Hall–Kier alpha value is -2.51. The molecule has 26 heavy (non-hydrogen) atoms. The Morgan fingerprint density at radius 2 is 2.08 bits per heavy atom. The summed E-state index contributed by atoms with van der Waals surface area (Å²) >= 11 is 7.38. The number of primary amides is 1. The van der Waals surface area contributed by atoms with Crippen LogP contribution in [0, 0.1) is 0 Å². The van der Waals surface area contributed by atoms with Gasteiger partial charge in [0.1, 0.15) is 0 Å². The standard InChI is InChI=1S/C18H19ClN2O4S/c1-3-8-21(10-13-5-7-16(19)26-13)18(23)12-4-6-14(15(9-12)24-2)25-11-17(20)22/h3-7,9H,1,8,10-11H2,2H3,(H2,20,22). The van der Waals surface area contributed by atoms with E-state index in [2.05, 4.69) is 6.58 Å². The van der Waals surface area contributed by atoms with Crippen molar-refractivity contribution in [2.45, 2.75) is 6.54 Å². The van der Waals surface area contributed by atoms with Gasteiger partial charge >= 0.3 is 0 Å². The molecule has 8 heteroatoms. The van der Waals surface area contributed by atoms with Gasteiger partial charge < -0.3 is 20.1 Å². The number of hydrogen-bond donors (Lipinski definition) is 1. The summed E-state index contributed by atoms with van der Waals surface area (Å²) in [6, 6.07) is 8.43. The van der Waals surface area contributed by atoms with E-state index in [1.807, 2.05) is 6.07 Å². The average molecular weight is 395 g/mol. The molecule has 0 bridgehead atoms. The van der Waals surface area contributed by atoms with Gasteiger partial charge in [-0.1, -0.05) is 17.7 Å². The first-order valence-corrected chi connectivity index (χ1v) is 8.87. The molecule has 6 nitrogen and oxygen atoms in total. The zero-order valence-electron chi connectivity index (χ0n) is 14.2. The van der Waals surface area contributed by atoms with E-state index < -0.39 is 5.91 Å². The van der Waals surface area contributed by atoms with E-state index in [1.54, 1.807) is 35.2 Å². The summed E-state index contributed by atoms with van der Waals surface area (Å²) in [7, 11) is 1.45. The van der Waals surface area contributed by atoms with Crippen LogP contribution in [0.4, 0.5) is 0 Å². The minimum absolute atomic E-state index is 0.186. The number of benzene rings is 1. The van der Waals surface area contributed by atoms with Gasteiger partial charge in [0.2, 0.25) is 0 Å². The van der Waals surface area contributed by atoms with Gasteiger partial charge in [-0.2, -0.15) is 0 Å². The van der Waals surface area contributed by atoms with E-state index in [0.717, 1.165) is 4.88 Å². The molecule has 1 heterocycles. The Morgan fingerprint density at radius 3 is 2.65 bits per heavy atom. The monoisotopic (exact) mass is 394 g/mol. The first kappa shape index (κ1) is 19.8. The number of nitrogens with zero attached hydrogens (tertiary/aromatic N) is 1. The number of nitrogens with two attached hydrogens (primary N) is 1. The molecule has 0 aliphatic carbocycles. The van der Waals surface area contributed by atoms with Gasteiger partial charge in [0, 0.05) is 17.0 Å². The van der Waals surface area contributed by atoms with Crippen molar-refractivity contribution in [3.05, 3.63) is 57.8 Å². The first-order chi connectivity index (χ1) is 12.4. The maximum absolute atomic E-state index is 12.9. The van der Waals surface area contributed by atoms with E-state index in [1.165, 1.54) is 18.4 Å². The van der Waals surface area contributed by atoms with Crippen LogP contribution in [-0.4, -0.2) is 37.0 Å². The van der Waals surface area contributed by atoms with Crippen molar-refractivity contribution in [1.82, 2.24) is 4.90 Å². The molecule has 2 aromatic rings. The highest BCUT2D eigenvalue weighted by atomic mass is 35.5. The van der Waals surface area contributed by atoms with Gasteiger partial charge in [-0.05, 0) is 30.3 Å². The highest BCUT2D eigenvalue weighted by Gasteiger charge is 2.18. The normalized spacial score (nSPS) is 10.2. The third-order valence-corrected chi connectivity index (χ3v) is 4.61. The Kier molecular flexibility index (Phi) is 7.06. The number of halogens is 1. The van der Waals surface area contributed by atoms with Gasteiger partial charge in [0.05, 0.1) is 18.0 Å². The lowest BCUT2D eigenvalue weighted by Gasteiger charge is -2.21. The Labute approximate surface area is 160 Å². The number of rotatable bonds is 9. The van der Waals surface area contributed by atoms with Gasteiger partial charge in [-0.3, -0.25) is 9.59 Å². The molecule has 0 aliphatic heterocycles. The SMILES string of the molecule is C=CCN(Cc1ccc(Cl)s1)C(=O)c1ccc(OCC(N)=O)c(OC)c1. The molecule has 0 radical (unpaired) electrons. The highest BCUT2D eigenvalue weighted by Crippen LogP contribution is 2.29. The molecule has 138 valence electrons. The Bertz CT molecular complexity index is 806. The van der Waals surface area contributed by atoms with Crippen molar-refractivity contribution >= 4 is 34.8 Å². The molecule has 1 aromatic heterocycles. The van der Waals surface area contributed by atoms with E-state index in [0.29, 0.717) is 34.5 Å². The number of carbonyl (C=O) groups is 2. The molecule has 0 atom stereocenters. The Morgan fingerprint density at radius 1 is 1.31 bits per heavy atom. The molecule has 0 aliphatic rings. The fourth-order valence-electron chi connectivity index (χ4n) is 2.25. The minimum Gasteiger partial charge on any atom is -0.493 e. The number of methoxy groups -OCH3 is 1. The molecule has 0 saturated heterocycles. The highest BCUT2D eigenvalue weighted by molar-refractivity contribution is 7.16. The lowest BCUT2D eigenvalue weighted by Crippen LogP contribution is -2.30. The molecule has 2 rings (SSSR count). The Balaban J connectivity index is 2.21. The van der Waals surface area contributed by atoms with Crippen LogP contribution >= 0.6 is 22.9 Å². The molecular weight excluding hydrogens is 376 g/mol. The summed E-state index contributed by atoms with van der Waals surface area (Å²) in [5.41, 5.74) is 5.50. The maximum Gasteiger partial charge on any atom is 0.255 e. The summed E-state index contributed by atoms with van der Waals surface area (Å²) in [6.45, 7) is 4.24. The van der Waals surface area contributed by atoms with Crippen LogP contribution in [0.25, 0.3) is 0 Å². The largest absolute Gasteiger partial charge is 0.493 e. The van der Waals surface area contributed by atoms with Crippen LogP contribution in [0.15, 0.2) is 43.0 Å². The van der Waals surface area contributed by atoms with Crippen LogP contribution in [0.2, 0.25) is 4.34 Å². The van der Waals surface area contributed by atoms with Gasteiger partial charge in [0.25, 0.3) is 11.8 Å². The van der Waals surface area contributed by atoms with Crippen molar-refractivity contribution in [2.75, 3.05) is 20.3 Å². The summed E-state index contributed by atoms with van der Waals surface area (Å²) in [4.78, 5) is 26.4. The third-order valence-electron chi connectivity index (χ3n) is 3.39. The second-order valence-corrected chi connectivity index (χ2v) is 7.10. The topological polar surface area (TPSA) is 81.9 Å². The minimum atomic E-state index is -0.598. The predicted octanol–water partition coefficient (Wildman–Crippen LogP) is 3.10. The average Bonchev–Trinajstić information content (AvgIpc) is 3.03. The maximum atomic E-state index is 12.9. The number of thiophene rings is 1. The van der Waals surface area contributed by atoms with Crippen LogP contribution in [0.1, 0.15) is 15.2 Å². The number of amides is 2. The second kappa shape index (κ2) is 9.26. The molecule has 2 N–H and O–H groups in total. The van der Waals surface area contributed by atoms with Gasteiger partial charge in [-0.25, -0.2) is 0 Å². The van der Waals surface area contributed by atoms with E-state index in [9.17, 15) is 9.59 Å². The van der Waals surface area contributed by atoms with Gasteiger partial charge in [-0.15, -0.1) is 17.9 Å². The molecule has 0 unspecified atom stereocenters. The zero-order chi connectivity index (χ0) is 19.1. The quantitative estimate of drug-likeness (QED) is 0.662. The third kappa shape index (κ3) is 5.24. The lowest BCUT2D eigenvalue weighted by atomic mass is 10.1. The molecular formula is C18H19ClN2O4S. The van der Waals surface area contributed by atoms with E-state index in [4.69, 9.17) is 26.8 Å². The van der Waals surface area contributed by atoms with E-state index in [-0.39, 0.29) is 12.5 Å². The molecule has 0 spiro atoms. The summed E-state index contributed by atoms with van der Waals surface area (Å²) in [5.74, 6) is -0.105. The summed E-state index contributed by atoms with van der Waals surface area (Å²) in [5, 5.41) is 0. The second-order valence-electron chi connectivity index (χ2n) is 5.30. The summed E-state index contributed by atoms with van der Waals surface area (Å²) in [6.07, 6.45) is 1.66. The van der Waals surface area contributed by atoms with Gasteiger partial charge in [0.15, 0.2) is 18.1 Å². The predicted molar refractivity (Wildman–Crippen MR) is 102 cm³/mol.